The molecule has 50 valence electrons. The topological polar surface area (TPSA) is 15.8 Å². The van der Waals surface area contributed by atoms with Crippen molar-refractivity contribution < 1.29 is 4.11 Å². The van der Waals surface area contributed by atoms with Crippen LogP contribution >= 0.6 is 0 Å². The molecule has 0 radical (unpaired) electrons. The number of H-pyrrole nitrogens is 1. The Balaban J connectivity index is 2.78. The average molecular weight is 134 g/mol. The minimum atomic E-state index is -1.09. The normalized spacial score (nSPS) is 15.1. The lowest BCUT2D eigenvalue weighted by Crippen LogP contribution is -1.64. The van der Waals surface area contributed by atoms with Crippen LogP contribution in [-0.4, -0.2) is 4.98 Å². The highest BCUT2D eigenvalue weighted by atomic mass is 14.7. The van der Waals surface area contributed by atoms with Gasteiger partial charge in [-0.2, -0.15) is 0 Å². The lowest BCUT2D eigenvalue weighted by molar-refractivity contribution is 1.43. The molecule has 2 rings (SSSR count). The van der Waals surface area contributed by atoms with Crippen LogP contribution in [0.3, 0.4) is 0 Å². The predicted molar refractivity (Wildman–Crippen MR) is 43.0 cm³/mol. The lowest BCUT2D eigenvalue weighted by atomic mass is 10.2. The van der Waals surface area contributed by atoms with E-state index in [-0.39, 0.29) is 6.17 Å². The third-order valence-electron chi connectivity index (χ3n) is 1.55. The molecule has 0 fully saturated rings. The molecule has 0 amide bonds. The van der Waals surface area contributed by atoms with Gasteiger partial charge in [-0.15, -0.1) is 0 Å². The summed E-state index contributed by atoms with van der Waals surface area (Å²) >= 11 is 0. The molecule has 0 atom stereocenters. The molecule has 0 aliphatic carbocycles. The Morgan fingerprint density at radius 2 is 2.40 bits per heavy atom. The Kier molecular flexibility index (Phi) is 0.607. The molecule has 0 aliphatic rings. The summed E-state index contributed by atoms with van der Waals surface area (Å²) in [7, 11) is 0. The number of aryl methyl sites for hydroxylation is 1. The summed E-state index contributed by atoms with van der Waals surface area (Å²) < 4.78 is 22.1. The minimum absolute atomic E-state index is 0.177. The van der Waals surface area contributed by atoms with Gasteiger partial charge in [0, 0.05) is 19.8 Å². The summed E-state index contributed by atoms with van der Waals surface area (Å²) in [6.07, 6.45) is 0.177. The van der Waals surface area contributed by atoms with Crippen LogP contribution in [0.25, 0.3) is 10.9 Å². The van der Waals surface area contributed by atoms with Gasteiger partial charge in [-0.05, 0) is 18.5 Å². The van der Waals surface area contributed by atoms with E-state index in [2.05, 4.69) is 4.98 Å². The highest BCUT2D eigenvalue weighted by molar-refractivity contribution is 5.82. The van der Waals surface area contributed by atoms with Crippen molar-refractivity contribution in [2.24, 2.45) is 0 Å². The maximum absolute atomic E-state index is 7.53. The Morgan fingerprint density at radius 1 is 1.50 bits per heavy atom. The van der Waals surface area contributed by atoms with E-state index in [9.17, 15) is 0 Å². The molecule has 2 aromatic rings. The number of para-hydroxylation sites is 1. The third-order valence-corrected chi connectivity index (χ3v) is 1.55. The van der Waals surface area contributed by atoms with E-state index >= 15 is 0 Å². The van der Waals surface area contributed by atoms with Gasteiger partial charge in [0.1, 0.15) is 0 Å². The highest BCUT2D eigenvalue weighted by Crippen LogP contribution is 2.15. The second-order valence-electron chi connectivity index (χ2n) is 2.21. The fourth-order valence-corrected chi connectivity index (χ4v) is 1.03. The Morgan fingerprint density at radius 3 is 3.30 bits per heavy atom. The first kappa shape index (κ1) is 3.24. The molecule has 0 saturated heterocycles. The maximum atomic E-state index is 7.53. The summed E-state index contributed by atoms with van der Waals surface area (Å²) in [4.78, 5) is 2.84. The molecule has 1 heteroatoms. The zero-order valence-corrected chi connectivity index (χ0v) is 5.39. The highest BCUT2D eigenvalue weighted by Gasteiger charge is 1.94. The van der Waals surface area contributed by atoms with Gasteiger partial charge < -0.3 is 4.98 Å². The van der Waals surface area contributed by atoms with Gasteiger partial charge in [-0.25, -0.2) is 0 Å². The molecule has 1 nitrogen and oxygen atoms in total. The maximum Gasteiger partial charge on any atom is 0.0819 e. The summed E-state index contributed by atoms with van der Waals surface area (Å²) in [5, 5.41) is 0.808. The van der Waals surface area contributed by atoms with Crippen LogP contribution in [0.4, 0.5) is 0 Å². The second kappa shape index (κ2) is 1.87. The molecule has 1 heterocycles. The van der Waals surface area contributed by atoms with Crippen molar-refractivity contribution in [1.82, 2.24) is 4.98 Å². The summed E-state index contributed by atoms with van der Waals surface area (Å²) in [5.74, 6) is 0. The van der Waals surface area contributed by atoms with Crippen LogP contribution in [0.2, 0.25) is 0 Å². The fraction of sp³-hybridized carbons (Fsp3) is 0.111. The van der Waals surface area contributed by atoms with Crippen molar-refractivity contribution in [3.05, 3.63) is 36.0 Å². The largest absolute Gasteiger partial charge is 0.361 e. The van der Waals surface area contributed by atoms with Crippen molar-refractivity contribution in [3.63, 3.8) is 0 Å². The molecule has 0 aliphatic heterocycles. The van der Waals surface area contributed by atoms with Gasteiger partial charge >= 0.3 is 0 Å². The van der Waals surface area contributed by atoms with Crippen molar-refractivity contribution in [1.29, 1.82) is 0 Å². The molecule has 0 spiro atoms. The SMILES string of the molecule is [2H]c1[nH]c2ccccc2c1C([2H])[2H]. The van der Waals surface area contributed by atoms with Gasteiger partial charge in [-0.1, -0.05) is 18.2 Å². The van der Waals surface area contributed by atoms with Crippen LogP contribution < -0.4 is 0 Å². The molecule has 1 aromatic heterocycles. The first-order valence-corrected chi connectivity index (χ1v) is 3.12. The molecule has 1 aromatic carbocycles. The zero-order valence-electron chi connectivity index (χ0n) is 8.39. The minimum Gasteiger partial charge on any atom is -0.361 e. The van der Waals surface area contributed by atoms with Gasteiger partial charge in [0.25, 0.3) is 0 Å². The van der Waals surface area contributed by atoms with E-state index in [1.54, 1.807) is 0 Å². The Bertz CT molecular complexity index is 433. The summed E-state index contributed by atoms with van der Waals surface area (Å²) in [5.41, 5.74) is 1.28. The van der Waals surface area contributed by atoms with Crippen LogP contribution in [-0.2, 0) is 0 Å². The zero-order chi connectivity index (χ0) is 9.42. The van der Waals surface area contributed by atoms with Crippen molar-refractivity contribution in [3.8, 4) is 0 Å². The van der Waals surface area contributed by atoms with E-state index in [0.717, 1.165) is 10.9 Å². The third kappa shape index (κ3) is 0.637. The molecule has 10 heavy (non-hydrogen) atoms. The number of nitrogens with one attached hydrogen (secondary N) is 1. The second-order valence-corrected chi connectivity index (χ2v) is 2.21. The van der Waals surface area contributed by atoms with Gasteiger partial charge in [0.15, 0.2) is 0 Å². The van der Waals surface area contributed by atoms with Crippen molar-refractivity contribution >= 4 is 10.9 Å². The van der Waals surface area contributed by atoms with Gasteiger partial charge in [-0.3, -0.25) is 0 Å². The van der Waals surface area contributed by atoms with Crippen LogP contribution in [0.5, 0.6) is 0 Å². The van der Waals surface area contributed by atoms with E-state index in [0.29, 0.717) is 5.56 Å². The number of benzene rings is 1. The van der Waals surface area contributed by atoms with Crippen molar-refractivity contribution in [2.45, 2.75) is 6.88 Å². The smallest absolute Gasteiger partial charge is 0.0819 e. The molecular weight excluding hydrogens is 122 g/mol. The van der Waals surface area contributed by atoms with Crippen molar-refractivity contribution in [2.75, 3.05) is 0 Å². The number of aromatic amines is 1. The number of fused-ring (bicyclic) bond motifs is 1. The monoisotopic (exact) mass is 134 g/mol. The Labute approximate surface area is 63.9 Å². The van der Waals surface area contributed by atoms with Crippen LogP contribution in [0.1, 0.15) is 9.68 Å². The summed E-state index contributed by atoms with van der Waals surface area (Å²) in [6.45, 7) is -1.09. The molecule has 0 saturated carbocycles. The predicted octanol–water partition coefficient (Wildman–Crippen LogP) is 2.48. The van der Waals surface area contributed by atoms with Gasteiger partial charge in [0.05, 0.1) is 1.37 Å². The first-order chi connectivity index (χ1) is 6.20. The lowest BCUT2D eigenvalue weighted by Gasteiger charge is -1.86. The first-order valence-electron chi connectivity index (χ1n) is 4.77. The molecule has 0 unspecified atom stereocenters. The van der Waals surface area contributed by atoms with E-state index in [1.165, 1.54) is 0 Å². The van der Waals surface area contributed by atoms with Crippen LogP contribution in [0, 0.1) is 6.88 Å². The molecule has 1 N–H and O–H groups in total. The Hall–Kier alpha value is -1.24. The van der Waals surface area contributed by atoms with E-state index in [4.69, 9.17) is 4.11 Å². The van der Waals surface area contributed by atoms with E-state index < -0.39 is 6.88 Å². The number of hydrogen-bond donors (Lipinski definition) is 1. The quantitative estimate of drug-likeness (QED) is 0.569. The van der Waals surface area contributed by atoms with Crippen LogP contribution in [0.15, 0.2) is 30.4 Å². The molecular formula is C9H9N. The fourth-order valence-electron chi connectivity index (χ4n) is 1.03. The van der Waals surface area contributed by atoms with E-state index in [1.807, 2.05) is 24.3 Å². The standard InChI is InChI=1S/C9H9N/c1-7-6-10-9-5-3-2-4-8(7)9/h2-6,10H,1H3/i1D2,6D. The average Bonchev–Trinajstić information content (AvgIpc) is 2.39. The summed E-state index contributed by atoms with van der Waals surface area (Å²) in [6, 6.07) is 7.39. The number of aromatic nitrogens is 1. The van der Waals surface area contributed by atoms with Gasteiger partial charge in [0.2, 0.25) is 0 Å². The molecule has 0 bridgehead atoms. The number of hydrogen-bond acceptors (Lipinski definition) is 0. The number of rotatable bonds is 0.